The van der Waals surface area contributed by atoms with Gasteiger partial charge in [0.25, 0.3) is 0 Å². The van der Waals surface area contributed by atoms with E-state index in [1.54, 1.807) is 22.6 Å². The Morgan fingerprint density at radius 3 is 2.72 bits per heavy atom. The van der Waals surface area contributed by atoms with E-state index in [1.807, 2.05) is 0 Å². The van der Waals surface area contributed by atoms with Crippen LogP contribution in [0.4, 0.5) is 17.1 Å². The van der Waals surface area contributed by atoms with Gasteiger partial charge in [0.1, 0.15) is 5.69 Å². The number of Topliss-reactive ketones (excluding diaryl/α,β-unsaturated/α-hetero) is 1. The third-order valence-electron chi connectivity index (χ3n) is 2.41. The lowest BCUT2D eigenvalue weighted by molar-refractivity contribution is -0.114. The number of nitrogens with zero attached hydrogens (tertiary/aromatic N) is 3. The molecule has 92 valence electrons. The Labute approximate surface area is 116 Å². The highest BCUT2D eigenvalue weighted by Gasteiger charge is 2.34. The zero-order valence-corrected chi connectivity index (χ0v) is 11.4. The number of hydrogen-bond acceptors (Lipinski definition) is 6. The molecule has 1 aliphatic rings. The highest BCUT2D eigenvalue weighted by atomic mass is 127. The smallest absolute Gasteiger partial charge is 0.245 e. The molecule has 0 fully saturated rings. The van der Waals surface area contributed by atoms with Gasteiger partial charge in [-0.1, -0.05) is 22.6 Å². The Hall–Kier alpha value is -1.71. The van der Waals surface area contributed by atoms with Crippen LogP contribution >= 0.6 is 22.6 Å². The molecule has 1 heterocycles. The largest absolute Gasteiger partial charge is 0.322 e. The summed E-state index contributed by atoms with van der Waals surface area (Å²) in [4.78, 5) is 23.6. The Morgan fingerprint density at radius 2 is 2.11 bits per heavy atom. The Kier molecular flexibility index (Phi) is 3.45. The highest BCUT2D eigenvalue weighted by molar-refractivity contribution is 14.1. The molecular formula is C10H8IN5O2. The van der Waals surface area contributed by atoms with Gasteiger partial charge in [0.2, 0.25) is 5.91 Å². The monoisotopic (exact) mass is 357 g/mol. The number of amides is 1. The molecule has 2 N–H and O–H groups in total. The van der Waals surface area contributed by atoms with Crippen LogP contribution in [0.3, 0.4) is 0 Å². The molecule has 0 aliphatic carbocycles. The van der Waals surface area contributed by atoms with Crippen molar-refractivity contribution in [2.24, 2.45) is 15.3 Å². The van der Waals surface area contributed by atoms with E-state index >= 15 is 0 Å². The summed E-state index contributed by atoms with van der Waals surface area (Å²) in [5.41, 5.74) is 8.28. The number of benzene rings is 1. The van der Waals surface area contributed by atoms with Gasteiger partial charge in [-0.2, -0.15) is 15.3 Å². The van der Waals surface area contributed by atoms with E-state index in [9.17, 15) is 9.59 Å². The fourth-order valence-corrected chi connectivity index (χ4v) is 2.13. The van der Waals surface area contributed by atoms with Gasteiger partial charge in [-0.3, -0.25) is 9.59 Å². The summed E-state index contributed by atoms with van der Waals surface area (Å²) in [6.07, 6.45) is 0. The minimum Gasteiger partial charge on any atom is -0.322 e. The van der Waals surface area contributed by atoms with Gasteiger partial charge in [-0.15, -0.1) is 0 Å². The fraction of sp³-hybridized carbons (Fsp3) is 0.200. The molecule has 0 saturated heterocycles. The van der Waals surface area contributed by atoms with Crippen molar-refractivity contribution >= 4 is 51.3 Å². The lowest BCUT2D eigenvalue weighted by atomic mass is 9.99. The highest BCUT2D eigenvalue weighted by Crippen LogP contribution is 2.38. The first kappa shape index (κ1) is 12.7. The molecule has 7 nitrogen and oxygen atoms in total. The zero-order chi connectivity index (χ0) is 13.3. The number of halogens is 1. The number of azo groups is 1. The van der Waals surface area contributed by atoms with E-state index in [-0.39, 0.29) is 17.2 Å². The standard InChI is InChI=1S/C10H8IN5O2/c1-13-16-4-2-5-8(6(3-4)15-12)14-10(18)7(11)9(5)17/h2-3,7,12H,1H3,(H,14,18). The molecule has 0 bridgehead atoms. The third kappa shape index (κ3) is 2.03. The summed E-state index contributed by atoms with van der Waals surface area (Å²) in [6, 6.07) is 3.02. The number of ketones is 1. The molecule has 1 aromatic carbocycles. The number of hydrogen-bond donors (Lipinski definition) is 2. The summed E-state index contributed by atoms with van der Waals surface area (Å²) < 4.78 is -0.775. The Bertz CT molecular complexity index is 584. The second-order valence-electron chi connectivity index (χ2n) is 3.52. The Balaban J connectivity index is 2.67. The first-order valence-electron chi connectivity index (χ1n) is 4.93. The van der Waals surface area contributed by atoms with E-state index in [4.69, 9.17) is 5.53 Å². The summed E-state index contributed by atoms with van der Waals surface area (Å²) in [6.45, 7) is 0. The average Bonchev–Trinajstić information content (AvgIpc) is 2.37. The number of anilines is 1. The normalized spacial score (nSPS) is 18.7. The first-order chi connectivity index (χ1) is 8.58. The van der Waals surface area contributed by atoms with Gasteiger partial charge in [0, 0.05) is 12.6 Å². The lowest BCUT2D eigenvalue weighted by Gasteiger charge is -2.21. The molecule has 2 rings (SSSR count). The van der Waals surface area contributed by atoms with Crippen molar-refractivity contribution < 1.29 is 9.59 Å². The van der Waals surface area contributed by atoms with Gasteiger partial charge in [0.05, 0.1) is 11.4 Å². The van der Waals surface area contributed by atoms with Gasteiger partial charge in [-0.25, -0.2) is 5.53 Å². The molecule has 0 radical (unpaired) electrons. The van der Waals surface area contributed by atoms with Gasteiger partial charge in [0.15, 0.2) is 9.71 Å². The van der Waals surface area contributed by atoms with E-state index in [2.05, 4.69) is 20.7 Å². The van der Waals surface area contributed by atoms with Crippen LogP contribution in [0.15, 0.2) is 27.5 Å². The fourth-order valence-electron chi connectivity index (χ4n) is 1.64. The van der Waals surface area contributed by atoms with Crippen molar-refractivity contribution in [3.05, 3.63) is 17.7 Å². The number of nitrogens with one attached hydrogen (secondary N) is 2. The predicted octanol–water partition coefficient (Wildman–Crippen LogP) is 3.00. The van der Waals surface area contributed by atoms with E-state index in [0.29, 0.717) is 11.3 Å². The van der Waals surface area contributed by atoms with Crippen LogP contribution in [-0.2, 0) is 4.79 Å². The Morgan fingerprint density at radius 1 is 1.39 bits per heavy atom. The summed E-state index contributed by atoms with van der Waals surface area (Å²) in [7, 11) is 1.50. The molecule has 8 heteroatoms. The minimum atomic E-state index is -0.775. The quantitative estimate of drug-likeness (QED) is 0.367. The number of alkyl halides is 1. The number of carbonyl (C=O) groups is 2. The molecular weight excluding hydrogens is 349 g/mol. The summed E-state index contributed by atoms with van der Waals surface area (Å²) in [5, 5.41) is 13.3. The number of fused-ring (bicyclic) bond motifs is 1. The molecule has 1 aliphatic heterocycles. The van der Waals surface area contributed by atoms with Crippen LogP contribution in [0.2, 0.25) is 0 Å². The third-order valence-corrected chi connectivity index (χ3v) is 3.54. The molecule has 0 aromatic heterocycles. The van der Waals surface area contributed by atoms with E-state index < -0.39 is 9.83 Å². The molecule has 18 heavy (non-hydrogen) atoms. The van der Waals surface area contributed by atoms with Crippen molar-refractivity contribution in [3.63, 3.8) is 0 Å². The number of rotatable bonds is 2. The van der Waals surface area contributed by atoms with Gasteiger partial charge < -0.3 is 5.32 Å². The van der Waals surface area contributed by atoms with Crippen LogP contribution in [0.1, 0.15) is 10.4 Å². The second-order valence-corrected chi connectivity index (χ2v) is 4.76. The maximum Gasteiger partial charge on any atom is 0.245 e. The van der Waals surface area contributed by atoms with Crippen LogP contribution < -0.4 is 5.32 Å². The molecule has 1 amide bonds. The summed E-state index contributed by atoms with van der Waals surface area (Å²) >= 11 is 1.77. The average molecular weight is 357 g/mol. The second kappa shape index (κ2) is 4.88. The SMILES string of the molecule is CN=Nc1cc(N=N)c2c(c1)C(=O)C(I)C(=O)N2. The van der Waals surface area contributed by atoms with Gasteiger partial charge >= 0.3 is 0 Å². The minimum absolute atomic E-state index is 0.194. The topological polar surface area (TPSA) is 107 Å². The molecule has 1 aromatic rings. The lowest BCUT2D eigenvalue weighted by Crippen LogP contribution is -2.35. The van der Waals surface area contributed by atoms with Crippen molar-refractivity contribution in [2.75, 3.05) is 12.4 Å². The van der Waals surface area contributed by atoms with Crippen LogP contribution in [0.5, 0.6) is 0 Å². The summed E-state index contributed by atoms with van der Waals surface area (Å²) in [5.74, 6) is -0.713. The molecule has 1 unspecified atom stereocenters. The predicted molar refractivity (Wildman–Crippen MR) is 72.5 cm³/mol. The maximum atomic E-state index is 12.0. The van der Waals surface area contributed by atoms with Gasteiger partial charge in [-0.05, 0) is 12.1 Å². The zero-order valence-electron chi connectivity index (χ0n) is 9.27. The van der Waals surface area contributed by atoms with Crippen molar-refractivity contribution in [3.8, 4) is 0 Å². The van der Waals surface area contributed by atoms with Crippen molar-refractivity contribution in [2.45, 2.75) is 3.92 Å². The van der Waals surface area contributed by atoms with Crippen LogP contribution in [0.25, 0.3) is 0 Å². The maximum absolute atomic E-state index is 12.0. The first-order valence-corrected chi connectivity index (χ1v) is 6.17. The molecule has 1 atom stereocenters. The van der Waals surface area contributed by atoms with Crippen LogP contribution in [-0.4, -0.2) is 22.7 Å². The number of carbonyl (C=O) groups excluding carboxylic acids is 2. The van der Waals surface area contributed by atoms with Crippen LogP contribution in [0, 0.1) is 5.53 Å². The van der Waals surface area contributed by atoms with E-state index in [1.165, 1.54) is 19.2 Å². The molecule has 0 spiro atoms. The molecule has 0 saturated carbocycles. The van der Waals surface area contributed by atoms with Crippen molar-refractivity contribution in [1.29, 1.82) is 5.53 Å². The van der Waals surface area contributed by atoms with Crippen molar-refractivity contribution in [1.82, 2.24) is 0 Å². The van der Waals surface area contributed by atoms with E-state index in [0.717, 1.165) is 0 Å².